The van der Waals surface area contributed by atoms with Crippen LogP contribution in [0.15, 0.2) is 59.6 Å². The van der Waals surface area contributed by atoms with E-state index in [1.807, 2.05) is 49.5 Å². The molecular formula is C22H22N2O3. The number of carbonyl (C=O) groups is 1. The SMILES string of the molecule is COC(=O)c1ccc(N=Cc2ccc(C)n2-c2ccc(OC)cc2)c(C)c1. The van der Waals surface area contributed by atoms with Gasteiger partial charge >= 0.3 is 5.97 Å². The number of rotatable bonds is 5. The van der Waals surface area contributed by atoms with E-state index < -0.39 is 0 Å². The van der Waals surface area contributed by atoms with Crippen molar-refractivity contribution < 1.29 is 14.3 Å². The summed E-state index contributed by atoms with van der Waals surface area (Å²) in [4.78, 5) is 16.2. The highest BCUT2D eigenvalue weighted by Crippen LogP contribution is 2.22. The van der Waals surface area contributed by atoms with Gasteiger partial charge in [0.2, 0.25) is 0 Å². The van der Waals surface area contributed by atoms with Gasteiger partial charge in [-0.15, -0.1) is 0 Å². The normalized spacial score (nSPS) is 11.0. The molecular weight excluding hydrogens is 340 g/mol. The number of benzene rings is 2. The number of ether oxygens (including phenoxy) is 2. The molecule has 27 heavy (non-hydrogen) atoms. The lowest BCUT2D eigenvalue weighted by Crippen LogP contribution is -2.02. The molecule has 1 heterocycles. The first kappa shape index (κ1) is 18.5. The molecule has 0 aliphatic carbocycles. The number of hydrogen-bond acceptors (Lipinski definition) is 4. The van der Waals surface area contributed by atoms with Crippen molar-refractivity contribution in [3.8, 4) is 11.4 Å². The van der Waals surface area contributed by atoms with Crippen LogP contribution in [0.1, 0.15) is 27.3 Å². The van der Waals surface area contributed by atoms with Gasteiger partial charge in [0, 0.05) is 11.4 Å². The number of nitrogens with zero attached hydrogens (tertiary/aromatic N) is 2. The average Bonchev–Trinajstić information content (AvgIpc) is 3.06. The molecule has 138 valence electrons. The van der Waals surface area contributed by atoms with E-state index in [0.29, 0.717) is 5.56 Å². The maximum atomic E-state index is 11.6. The van der Waals surface area contributed by atoms with Crippen LogP contribution in [0, 0.1) is 13.8 Å². The van der Waals surface area contributed by atoms with Gasteiger partial charge in [0.15, 0.2) is 0 Å². The molecule has 0 fully saturated rings. The van der Waals surface area contributed by atoms with E-state index in [-0.39, 0.29) is 5.97 Å². The molecule has 0 saturated heterocycles. The molecule has 0 N–H and O–H groups in total. The molecule has 0 aliphatic rings. The summed E-state index contributed by atoms with van der Waals surface area (Å²) in [6.45, 7) is 3.98. The minimum atomic E-state index is -0.349. The molecule has 0 bridgehead atoms. The monoisotopic (exact) mass is 362 g/mol. The highest BCUT2D eigenvalue weighted by atomic mass is 16.5. The average molecular weight is 362 g/mol. The minimum Gasteiger partial charge on any atom is -0.497 e. The Kier molecular flexibility index (Phi) is 5.41. The molecule has 2 aromatic carbocycles. The fraction of sp³-hybridized carbons (Fsp3) is 0.182. The third kappa shape index (κ3) is 3.92. The Morgan fingerprint density at radius 1 is 1.00 bits per heavy atom. The Labute approximate surface area is 158 Å². The van der Waals surface area contributed by atoms with E-state index in [2.05, 4.69) is 22.5 Å². The number of esters is 1. The van der Waals surface area contributed by atoms with Crippen molar-refractivity contribution in [3.05, 3.63) is 77.1 Å². The topological polar surface area (TPSA) is 52.8 Å². The van der Waals surface area contributed by atoms with Crippen molar-refractivity contribution in [1.29, 1.82) is 0 Å². The van der Waals surface area contributed by atoms with E-state index in [4.69, 9.17) is 9.47 Å². The van der Waals surface area contributed by atoms with Crippen molar-refractivity contribution in [3.63, 3.8) is 0 Å². The molecule has 5 heteroatoms. The van der Waals surface area contributed by atoms with Crippen LogP contribution < -0.4 is 4.74 Å². The zero-order chi connectivity index (χ0) is 19.4. The van der Waals surface area contributed by atoms with Gasteiger partial charge in [0.1, 0.15) is 5.75 Å². The number of aryl methyl sites for hydroxylation is 2. The fourth-order valence-electron chi connectivity index (χ4n) is 2.92. The summed E-state index contributed by atoms with van der Waals surface area (Å²) in [6, 6.07) is 17.3. The van der Waals surface area contributed by atoms with E-state index in [1.54, 1.807) is 19.2 Å². The van der Waals surface area contributed by atoms with Gasteiger partial charge in [0.25, 0.3) is 0 Å². The molecule has 0 saturated carbocycles. The molecule has 3 rings (SSSR count). The highest BCUT2D eigenvalue weighted by Gasteiger charge is 2.08. The van der Waals surface area contributed by atoms with Gasteiger partial charge in [-0.05, 0) is 74.0 Å². The standard InChI is InChI=1S/C22H22N2O3/c1-15-13-17(22(25)27-4)6-12-21(15)23-14-19-7-5-16(2)24(19)18-8-10-20(26-3)11-9-18/h5-14H,1-4H3. The molecule has 0 unspecified atom stereocenters. The summed E-state index contributed by atoms with van der Waals surface area (Å²) < 4.78 is 12.1. The highest BCUT2D eigenvalue weighted by molar-refractivity contribution is 5.90. The van der Waals surface area contributed by atoms with Gasteiger partial charge in [-0.2, -0.15) is 0 Å². The molecule has 0 amide bonds. The molecule has 1 aromatic heterocycles. The van der Waals surface area contributed by atoms with Crippen LogP contribution in [0.4, 0.5) is 5.69 Å². The number of methoxy groups -OCH3 is 2. The molecule has 0 spiro atoms. The van der Waals surface area contributed by atoms with Crippen molar-refractivity contribution in [2.24, 2.45) is 4.99 Å². The van der Waals surface area contributed by atoms with E-state index in [0.717, 1.165) is 34.1 Å². The Morgan fingerprint density at radius 3 is 2.37 bits per heavy atom. The Balaban J connectivity index is 1.91. The quantitative estimate of drug-likeness (QED) is 0.491. The van der Waals surface area contributed by atoms with E-state index in [9.17, 15) is 4.79 Å². The first-order chi connectivity index (χ1) is 13.0. The number of hydrogen-bond donors (Lipinski definition) is 0. The predicted molar refractivity (Wildman–Crippen MR) is 107 cm³/mol. The molecule has 0 atom stereocenters. The molecule has 3 aromatic rings. The lowest BCUT2D eigenvalue weighted by molar-refractivity contribution is 0.0600. The lowest BCUT2D eigenvalue weighted by Gasteiger charge is -2.10. The number of carbonyl (C=O) groups excluding carboxylic acids is 1. The maximum Gasteiger partial charge on any atom is 0.337 e. The summed E-state index contributed by atoms with van der Waals surface area (Å²) in [5, 5.41) is 0. The summed E-state index contributed by atoms with van der Waals surface area (Å²) in [5.41, 5.74) is 5.36. The largest absolute Gasteiger partial charge is 0.497 e. The number of aromatic nitrogens is 1. The van der Waals surface area contributed by atoms with Crippen LogP contribution >= 0.6 is 0 Å². The second kappa shape index (κ2) is 7.91. The zero-order valence-electron chi connectivity index (χ0n) is 15.9. The minimum absolute atomic E-state index is 0.349. The second-order valence-corrected chi connectivity index (χ2v) is 6.18. The van der Waals surface area contributed by atoms with Crippen molar-refractivity contribution in [2.75, 3.05) is 14.2 Å². The predicted octanol–water partition coefficient (Wildman–Crippen LogP) is 4.64. The first-order valence-corrected chi connectivity index (χ1v) is 8.59. The van der Waals surface area contributed by atoms with Crippen LogP contribution in [0.2, 0.25) is 0 Å². The van der Waals surface area contributed by atoms with Crippen LogP contribution in [0.3, 0.4) is 0 Å². The van der Waals surface area contributed by atoms with Crippen LogP contribution in [0.5, 0.6) is 5.75 Å². The Hall–Kier alpha value is -3.34. The zero-order valence-corrected chi connectivity index (χ0v) is 15.9. The second-order valence-electron chi connectivity index (χ2n) is 6.18. The summed E-state index contributed by atoms with van der Waals surface area (Å²) in [6.07, 6.45) is 1.83. The summed E-state index contributed by atoms with van der Waals surface area (Å²) >= 11 is 0. The van der Waals surface area contributed by atoms with E-state index >= 15 is 0 Å². The first-order valence-electron chi connectivity index (χ1n) is 8.59. The van der Waals surface area contributed by atoms with Crippen LogP contribution in [-0.4, -0.2) is 31.0 Å². The van der Waals surface area contributed by atoms with Gasteiger partial charge in [0.05, 0.1) is 37.4 Å². The molecule has 0 aliphatic heterocycles. The fourth-order valence-corrected chi connectivity index (χ4v) is 2.92. The van der Waals surface area contributed by atoms with Crippen LogP contribution in [-0.2, 0) is 4.74 Å². The van der Waals surface area contributed by atoms with Crippen LogP contribution in [0.25, 0.3) is 5.69 Å². The molecule has 0 radical (unpaired) electrons. The Bertz CT molecular complexity index is 985. The summed E-state index contributed by atoms with van der Waals surface area (Å²) in [7, 11) is 3.03. The van der Waals surface area contributed by atoms with Crippen molar-refractivity contribution >= 4 is 17.9 Å². The number of aliphatic imine (C=N–C) groups is 1. The third-order valence-electron chi connectivity index (χ3n) is 4.39. The van der Waals surface area contributed by atoms with Crippen molar-refractivity contribution in [1.82, 2.24) is 4.57 Å². The van der Waals surface area contributed by atoms with Gasteiger partial charge in [-0.25, -0.2) is 4.79 Å². The van der Waals surface area contributed by atoms with Gasteiger partial charge in [-0.3, -0.25) is 4.99 Å². The third-order valence-corrected chi connectivity index (χ3v) is 4.39. The van der Waals surface area contributed by atoms with Crippen molar-refractivity contribution in [2.45, 2.75) is 13.8 Å². The van der Waals surface area contributed by atoms with Gasteiger partial charge < -0.3 is 14.0 Å². The van der Waals surface area contributed by atoms with E-state index in [1.165, 1.54) is 7.11 Å². The smallest absolute Gasteiger partial charge is 0.337 e. The molecule has 5 nitrogen and oxygen atoms in total. The summed E-state index contributed by atoms with van der Waals surface area (Å²) in [5.74, 6) is 0.470. The van der Waals surface area contributed by atoms with Gasteiger partial charge in [-0.1, -0.05) is 0 Å². The Morgan fingerprint density at radius 2 is 1.74 bits per heavy atom. The maximum absolute atomic E-state index is 11.6. The lowest BCUT2D eigenvalue weighted by atomic mass is 10.1.